The van der Waals surface area contributed by atoms with Crippen molar-refractivity contribution in [1.82, 2.24) is 0 Å². The Labute approximate surface area is 213 Å². The van der Waals surface area contributed by atoms with Gasteiger partial charge >= 0.3 is 215 Å². The Morgan fingerprint density at radius 1 is 0.833 bits per heavy atom. The van der Waals surface area contributed by atoms with Gasteiger partial charge in [-0.05, 0) is 0 Å². The summed E-state index contributed by atoms with van der Waals surface area (Å²) in [6, 6.07) is 0. The fourth-order valence-corrected chi connectivity index (χ4v) is 15.6. The van der Waals surface area contributed by atoms with Gasteiger partial charge in [-0.25, -0.2) is 0 Å². The van der Waals surface area contributed by atoms with Gasteiger partial charge in [0.25, 0.3) is 0 Å². The van der Waals surface area contributed by atoms with E-state index in [1.54, 1.807) is 0 Å². The number of hydrogen-bond donors (Lipinski definition) is 0. The van der Waals surface area contributed by atoms with Crippen LogP contribution in [0.25, 0.3) is 0 Å². The summed E-state index contributed by atoms with van der Waals surface area (Å²) in [5, 5.41) is 0. The second-order valence-corrected chi connectivity index (χ2v) is 18.1. The molecule has 0 amide bonds. The third-order valence-corrected chi connectivity index (χ3v) is 17.7. The van der Waals surface area contributed by atoms with E-state index in [1.807, 2.05) is 47.0 Å². The van der Waals surface area contributed by atoms with Crippen molar-refractivity contribution in [3.63, 3.8) is 0 Å². The maximum atomic E-state index is 12.2. The van der Waals surface area contributed by atoms with Gasteiger partial charge in [0.2, 0.25) is 0 Å². The van der Waals surface area contributed by atoms with Gasteiger partial charge in [-0.3, -0.25) is 0 Å². The first-order chi connectivity index (χ1) is 14.6. The Morgan fingerprint density at radius 2 is 1.30 bits per heavy atom. The molecule has 0 N–H and O–H groups in total. The van der Waals surface area contributed by atoms with Gasteiger partial charge in [-0.15, -0.1) is 0 Å². The number of esters is 2. The molecule has 0 spiro atoms. The molecule has 4 rings (SSSR count). The van der Waals surface area contributed by atoms with Crippen LogP contribution in [0.3, 0.4) is 0 Å². The second-order valence-electron chi connectivity index (χ2n) is 5.50. The zero-order chi connectivity index (χ0) is 21.1. The van der Waals surface area contributed by atoms with E-state index in [9.17, 15) is 9.59 Å². The molecule has 0 bridgehead atoms. The molecule has 30 heavy (non-hydrogen) atoms. The van der Waals surface area contributed by atoms with E-state index in [4.69, 9.17) is 9.47 Å². The number of ether oxygens (including phenoxy) is 2. The summed E-state index contributed by atoms with van der Waals surface area (Å²) in [6.07, 6.45) is 4.40. The first-order valence-electron chi connectivity index (χ1n) is 8.37. The number of allylic oxidation sites excluding steroid dienone is 3. The van der Waals surface area contributed by atoms with Crippen molar-refractivity contribution >= 4 is 112 Å². The summed E-state index contributed by atoms with van der Waals surface area (Å²) in [4.78, 5) is 29.5. The van der Waals surface area contributed by atoms with Crippen molar-refractivity contribution in [2.24, 2.45) is 0 Å². The monoisotopic (exact) mass is 646 g/mol. The first-order valence-corrected chi connectivity index (χ1v) is 17.3. The second kappa shape index (κ2) is 11.1. The van der Waals surface area contributed by atoms with Crippen LogP contribution in [0, 0.1) is 0 Å². The molecule has 0 fully saturated rings. The van der Waals surface area contributed by atoms with Gasteiger partial charge in [0.15, 0.2) is 0 Å². The Morgan fingerprint density at radius 3 is 1.77 bits per heavy atom. The van der Waals surface area contributed by atoms with E-state index < -0.39 is 11.9 Å². The van der Waals surface area contributed by atoms with Crippen LogP contribution in [0.15, 0.2) is 57.8 Å². The number of thioether (sulfide) groups is 6. The van der Waals surface area contributed by atoms with E-state index in [-0.39, 0.29) is 0 Å². The van der Waals surface area contributed by atoms with Gasteiger partial charge in [0.1, 0.15) is 0 Å². The molecule has 12 heteroatoms. The standard InChI is InChI=1S/C18H14O4S6Se2/c1-21-14(19)12-13(15(20)22-2)26-10(25-12)7-9(18-29-5-6-30-18)8-11-27-16-17(28-11)24-4-3-23-16/h5-8H,3-4H2,1-2H3. The van der Waals surface area contributed by atoms with Gasteiger partial charge in [0, 0.05) is 0 Å². The molecule has 0 atom stereocenters. The Bertz CT molecular complexity index is 919. The Kier molecular flexibility index (Phi) is 8.75. The quantitative estimate of drug-likeness (QED) is 0.312. The van der Waals surface area contributed by atoms with E-state index in [0.717, 1.165) is 4.24 Å². The fourth-order valence-electron chi connectivity index (χ4n) is 2.38. The molecule has 0 aromatic carbocycles. The molecule has 0 radical (unpaired) electrons. The van der Waals surface area contributed by atoms with E-state index >= 15 is 0 Å². The maximum absolute atomic E-state index is 12.2. The van der Waals surface area contributed by atoms with Crippen molar-refractivity contribution in [3.05, 3.63) is 57.8 Å². The molecule has 0 aromatic heterocycles. The summed E-state index contributed by atoms with van der Waals surface area (Å²) in [7, 11) is 2.65. The average Bonchev–Trinajstić information content (AvgIpc) is 3.50. The summed E-state index contributed by atoms with van der Waals surface area (Å²) < 4.78 is 16.2. The molecule has 4 heterocycles. The molecule has 4 aliphatic heterocycles. The van der Waals surface area contributed by atoms with Crippen LogP contribution in [0.2, 0.25) is 0 Å². The molecule has 0 unspecified atom stereocenters. The number of methoxy groups -OCH3 is 2. The van der Waals surface area contributed by atoms with Crippen molar-refractivity contribution < 1.29 is 19.1 Å². The van der Waals surface area contributed by atoms with Crippen molar-refractivity contribution in [2.45, 2.75) is 0 Å². The van der Waals surface area contributed by atoms with Crippen molar-refractivity contribution in [1.29, 1.82) is 0 Å². The normalized spacial score (nSPS) is 20.7. The van der Waals surface area contributed by atoms with Gasteiger partial charge in [0.05, 0.1) is 0 Å². The Hall–Kier alpha value is 0.519. The third kappa shape index (κ3) is 5.53. The minimum absolute atomic E-state index is 0.299. The predicted molar refractivity (Wildman–Crippen MR) is 137 cm³/mol. The van der Waals surface area contributed by atoms with Gasteiger partial charge in [-0.2, -0.15) is 0 Å². The number of rotatable bonds is 4. The topological polar surface area (TPSA) is 52.6 Å². The summed E-state index contributed by atoms with van der Waals surface area (Å²) in [5.41, 5.74) is 1.20. The summed E-state index contributed by atoms with van der Waals surface area (Å²) in [5.74, 6) is 1.33. The van der Waals surface area contributed by atoms with Crippen LogP contribution in [0.4, 0.5) is 0 Å². The SMILES string of the molecule is COC(=O)C1=C(C(=O)OC)SC(=CC(C=C2SC3=C(SCCS3)S2)=C2[Se]C=C[Se]2)S1. The number of carbonyl (C=O) groups excluding carboxylic acids is 2. The predicted octanol–water partition coefficient (Wildman–Crippen LogP) is 4.90. The minimum atomic E-state index is -0.507. The third-order valence-electron chi connectivity index (χ3n) is 3.64. The molecule has 0 saturated carbocycles. The van der Waals surface area contributed by atoms with E-state index in [0.29, 0.717) is 39.7 Å². The molecule has 0 saturated heterocycles. The number of carbonyl (C=O) groups is 2. The summed E-state index contributed by atoms with van der Waals surface area (Å²) >= 11 is 10.9. The van der Waals surface area contributed by atoms with Crippen LogP contribution in [-0.2, 0) is 19.1 Å². The number of hydrogen-bond acceptors (Lipinski definition) is 10. The molecule has 4 aliphatic rings. The molecule has 0 aromatic rings. The van der Waals surface area contributed by atoms with E-state index in [1.165, 1.54) is 70.9 Å². The van der Waals surface area contributed by atoms with E-state index in [2.05, 4.69) is 22.1 Å². The zero-order valence-electron chi connectivity index (χ0n) is 15.6. The van der Waals surface area contributed by atoms with Crippen molar-refractivity contribution in [2.75, 3.05) is 25.7 Å². The van der Waals surface area contributed by atoms with Gasteiger partial charge in [-0.1, -0.05) is 0 Å². The first kappa shape index (κ1) is 23.7. The summed E-state index contributed by atoms with van der Waals surface area (Å²) in [6.45, 7) is 0. The van der Waals surface area contributed by atoms with Crippen molar-refractivity contribution in [3.8, 4) is 0 Å². The molecular weight excluding hydrogens is 631 g/mol. The molecular formula is C18H14O4S6Se2. The molecule has 158 valence electrons. The fraction of sp³-hybridized carbons (Fsp3) is 0.222. The van der Waals surface area contributed by atoms with Crippen LogP contribution >= 0.6 is 70.6 Å². The van der Waals surface area contributed by atoms with Gasteiger partial charge < -0.3 is 0 Å². The molecule has 4 nitrogen and oxygen atoms in total. The van der Waals surface area contributed by atoms with Crippen LogP contribution in [0.5, 0.6) is 0 Å². The zero-order valence-corrected chi connectivity index (χ0v) is 23.9. The Balaban J connectivity index is 1.60. The van der Waals surface area contributed by atoms with Crippen LogP contribution in [0.1, 0.15) is 0 Å². The van der Waals surface area contributed by atoms with Crippen LogP contribution < -0.4 is 0 Å². The molecule has 0 aliphatic carbocycles. The van der Waals surface area contributed by atoms with Crippen LogP contribution in [-0.4, -0.2) is 67.6 Å². The average molecular weight is 645 g/mol.